The summed E-state index contributed by atoms with van der Waals surface area (Å²) < 4.78 is 15.9. The van der Waals surface area contributed by atoms with Crippen molar-refractivity contribution in [3.8, 4) is 5.88 Å². The normalized spacial score (nSPS) is 11.1. The van der Waals surface area contributed by atoms with Gasteiger partial charge in [0.05, 0.1) is 30.6 Å². The molecule has 0 fully saturated rings. The number of carbonyl (C=O) groups is 2. The standard InChI is InChI=1S/C18H24N4O5/c1-5-25-17(24)13-11-20-22-15(13)21-16(23)12-6-7-14(19-10-12)26-8-9-27-18(2,3)4/h6-7,10-11H,5,8-9H2,1-4H3,(H2,20,21,22,23). The summed E-state index contributed by atoms with van der Waals surface area (Å²) in [6, 6.07) is 3.16. The molecule has 9 nitrogen and oxygen atoms in total. The van der Waals surface area contributed by atoms with Gasteiger partial charge in [0, 0.05) is 12.3 Å². The highest BCUT2D eigenvalue weighted by atomic mass is 16.5. The van der Waals surface area contributed by atoms with Gasteiger partial charge in [0.25, 0.3) is 5.91 Å². The second-order valence-corrected chi connectivity index (χ2v) is 6.53. The summed E-state index contributed by atoms with van der Waals surface area (Å²) >= 11 is 0. The lowest BCUT2D eigenvalue weighted by molar-refractivity contribution is -0.0168. The molecular weight excluding hydrogens is 352 g/mol. The van der Waals surface area contributed by atoms with Crippen LogP contribution in [0.2, 0.25) is 0 Å². The Hall–Kier alpha value is -2.94. The highest BCUT2D eigenvalue weighted by Gasteiger charge is 2.18. The van der Waals surface area contributed by atoms with Crippen LogP contribution < -0.4 is 10.1 Å². The maximum atomic E-state index is 12.3. The van der Waals surface area contributed by atoms with Gasteiger partial charge in [-0.15, -0.1) is 0 Å². The SMILES string of the molecule is CCOC(=O)c1cn[nH]c1NC(=O)c1ccc(OCCOC(C)(C)C)nc1. The first kappa shape index (κ1) is 20.4. The van der Waals surface area contributed by atoms with Crippen LogP contribution in [0.15, 0.2) is 24.5 Å². The molecule has 146 valence electrons. The molecule has 0 aliphatic rings. The number of aromatic amines is 1. The van der Waals surface area contributed by atoms with Crippen LogP contribution in [-0.2, 0) is 9.47 Å². The number of aromatic nitrogens is 3. The van der Waals surface area contributed by atoms with Crippen LogP contribution in [0.25, 0.3) is 0 Å². The van der Waals surface area contributed by atoms with Crippen LogP contribution in [0.5, 0.6) is 5.88 Å². The molecule has 0 radical (unpaired) electrons. The van der Waals surface area contributed by atoms with Crippen molar-refractivity contribution in [2.24, 2.45) is 0 Å². The maximum Gasteiger partial charge on any atom is 0.343 e. The van der Waals surface area contributed by atoms with Crippen molar-refractivity contribution in [3.63, 3.8) is 0 Å². The van der Waals surface area contributed by atoms with Crippen molar-refractivity contribution in [1.82, 2.24) is 15.2 Å². The van der Waals surface area contributed by atoms with Gasteiger partial charge in [-0.3, -0.25) is 9.89 Å². The third-order valence-electron chi connectivity index (χ3n) is 3.24. The molecule has 0 bridgehead atoms. The Labute approximate surface area is 157 Å². The van der Waals surface area contributed by atoms with E-state index < -0.39 is 11.9 Å². The molecule has 27 heavy (non-hydrogen) atoms. The molecule has 0 saturated heterocycles. The summed E-state index contributed by atoms with van der Waals surface area (Å²) in [4.78, 5) is 28.2. The number of hydrogen-bond acceptors (Lipinski definition) is 7. The van der Waals surface area contributed by atoms with Crippen molar-refractivity contribution >= 4 is 17.7 Å². The predicted molar refractivity (Wildman–Crippen MR) is 97.9 cm³/mol. The molecule has 1 amide bonds. The number of amides is 1. The Kier molecular flexibility index (Phi) is 6.89. The maximum absolute atomic E-state index is 12.3. The molecule has 0 spiro atoms. The molecule has 0 unspecified atom stereocenters. The summed E-state index contributed by atoms with van der Waals surface area (Å²) in [6.45, 7) is 8.60. The number of hydrogen-bond donors (Lipinski definition) is 2. The Balaban J connectivity index is 1.91. The van der Waals surface area contributed by atoms with Gasteiger partial charge in [0.15, 0.2) is 0 Å². The van der Waals surface area contributed by atoms with Gasteiger partial charge in [-0.2, -0.15) is 5.10 Å². The topological polar surface area (TPSA) is 115 Å². The van der Waals surface area contributed by atoms with Gasteiger partial charge in [-0.25, -0.2) is 9.78 Å². The van der Waals surface area contributed by atoms with Gasteiger partial charge in [-0.05, 0) is 33.8 Å². The lowest BCUT2D eigenvalue weighted by Crippen LogP contribution is -2.22. The number of pyridine rings is 1. The van der Waals surface area contributed by atoms with Crippen molar-refractivity contribution < 1.29 is 23.8 Å². The molecule has 0 aliphatic carbocycles. The van der Waals surface area contributed by atoms with Crippen LogP contribution in [-0.4, -0.2) is 52.5 Å². The first-order valence-electron chi connectivity index (χ1n) is 8.55. The average Bonchev–Trinajstić information content (AvgIpc) is 3.07. The first-order chi connectivity index (χ1) is 12.8. The summed E-state index contributed by atoms with van der Waals surface area (Å²) in [5.74, 6) is -0.461. The molecule has 0 aromatic carbocycles. The Bertz CT molecular complexity index is 765. The van der Waals surface area contributed by atoms with E-state index in [1.165, 1.54) is 12.4 Å². The van der Waals surface area contributed by atoms with Crippen LogP contribution in [0, 0.1) is 0 Å². The lowest BCUT2D eigenvalue weighted by Gasteiger charge is -2.19. The van der Waals surface area contributed by atoms with E-state index in [0.29, 0.717) is 24.7 Å². The third kappa shape index (κ3) is 6.37. The zero-order chi connectivity index (χ0) is 19.9. The van der Waals surface area contributed by atoms with Gasteiger partial charge in [0.1, 0.15) is 18.0 Å². The number of rotatable bonds is 8. The quantitative estimate of drug-likeness (QED) is 0.537. The van der Waals surface area contributed by atoms with E-state index in [0.717, 1.165) is 0 Å². The number of carbonyl (C=O) groups excluding carboxylic acids is 2. The van der Waals surface area contributed by atoms with Crippen molar-refractivity contribution in [3.05, 3.63) is 35.7 Å². The summed E-state index contributed by atoms with van der Waals surface area (Å²) in [7, 11) is 0. The van der Waals surface area contributed by atoms with E-state index in [1.54, 1.807) is 19.1 Å². The molecule has 2 rings (SSSR count). The minimum absolute atomic E-state index is 0.150. The summed E-state index contributed by atoms with van der Waals surface area (Å²) in [5, 5.41) is 8.89. The number of H-pyrrole nitrogens is 1. The Morgan fingerprint density at radius 3 is 2.59 bits per heavy atom. The molecule has 2 aromatic heterocycles. The highest BCUT2D eigenvalue weighted by Crippen LogP contribution is 2.15. The Morgan fingerprint density at radius 1 is 1.19 bits per heavy atom. The van der Waals surface area contributed by atoms with Crippen molar-refractivity contribution in [2.75, 3.05) is 25.1 Å². The zero-order valence-electron chi connectivity index (χ0n) is 15.9. The minimum atomic E-state index is -0.569. The molecule has 2 N–H and O–H groups in total. The van der Waals surface area contributed by atoms with E-state index >= 15 is 0 Å². The molecule has 2 aromatic rings. The molecule has 0 saturated carbocycles. The fourth-order valence-electron chi connectivity index (χ4n) is 2.02. The van der Waals surface area contributed by atoms with Crippen LogP contribution in [0.4, 0.5) is 5.82 Å². The summed E-state index contributed by atoms with van der Waals surface area (Å²) in [6.07, 6.45) is 2.68. The van der Waals surface area contributed by atoms with Gasteiger partial charge >= 0.3 is 5.97 Å². The molecule has 0 atom stereocenters. The molecule has 0 aliphatic heterocycles. The van der Waals surface area contributed by atoms with E-state index in [2.05, 4.69) is 20.5 Å². The van der Waals surface area contributed by atoms with E-state index in [4.69, 9.17) is 14.2 Å². The van der Waals surface area contributed by atoms with Crippen molar-refractivity contribution in [2.45, 2.75) is 33.3 Å². The van der Waals surface area contributed by atoms with E-state index in [1.807, 2.05) is 20.8 Å². The number of ether oxygens (including phenoxy) is 3. The van der Waals surface area contributed by atoms with Gasteiger partial charge < -0.3 is 19.5 Å². The second kappa shape index (κ2) is 9.13. The predicted octanol–water partition coefficient (Wildman–Crippen LogP) is 2.43. The lowest BCUT2D eigenvalue weighted by atomic mass is 10.2. The van der Waals surface area contributed by atoms with Crippen LogP contribution >= 0.6 is 0 Å². The zero-order valence-corrected chi connectivity index (χ0v) is 15.9. The van der Waals surface area contributed by atoms with Crippen LogP contribution in [0.3, 0.4) is 0 Å². The Morgan fingerprint density at radius 2 is 1.96 bits per heavy atom. The number of nitrogens with zero attached hydrogens (tertiary/aromatic N) is 2. The average molecular weight is 376 g/mol. The number of esters is 1. The second-order valence-electron chi connectivity index (χ2n) is 6.53. The van der Waals surface area contributed by atoms with Crippen molar-refractivity contribution in [1.29, 1.82) is 0 Å². The third-order valence-corrected chi connectivity index (χ3v) is 3.24. The van der Waals surface area contributed by atoms with E-state index in [9.17, 15) is 9.59 Å². The molecule has 2 heterocycles. The number of anilines is 1. The van der Waals surface area contributed by atoms with Gasteiger partial charge in [0.2, 0.25) is 5.88 Å². The highest BCUT2D eigenvalue weighted by molar-refractivity contribution is 6.06. The summed E-state index contributed by atoms with van der Waals surface area (Å²) in [5.41, 5.74) is 0.225. The molecule has 9 heteroatoms. The largest absolute Gasteiger partial charge is 0.475 e. The number of nitrogens with one attached hydrogen (secondary N) is 2. The monoisotopic (exact) mass is 376 g/mol. The van der Waals surface area contributed by atoms with E-state index in [-0.39, 0.29) is 23.6 Å². The van der Waals surface area contributed by atoms with Gasteiger partial charge in [-0.1, -0.05) is 0 Å². The first-order valence-corrected chi connectivity index (χ1v) is 8.55. The fraction of sp³-hybridized carbons (Fsp3) is 0.444. The smallest absolute Gasteiger partial charge is 0.343 e. The minimum Gasteiger partial charge on any atom is -0.475 e. The molecular formula is C18H24N4O5. The fourth-order valence-corrected chi connectivity index (χ4v) is 2.02. The van der Waals surface area contributed by atoms with Crippen LogP contribution in [0.1, 0.15) is 48.4 Å².